The van der Waals surface area contributed by atoms with Gasteiger partial charge in [-0.3, -0.25) is 4.79 Å². The van der Waals surface area contributed by atoms with Crippen molar-refractivity contribution in [1.29, 1.82) is 0 Å². The van der Waals surface area contributed by atoms with E-state index in [2.05, 4.69) is 15.6 Å². The molecular weight excluding hydrogens is 318 g/mol. The number of hydrogen-bond acceptors (Lipinski definition) is 5. The Morgan fingerprint density at radius 2 is 2.08 bits per heavy atom. The number of benzene rings is 1. The number of nitrogens with one attached hydrogen (secondary N) is 1. The molecule has 1 aromatic carbocycles. The number of rotatable bonds is 5. The van der Waals surface area contributed by atoms with Crippen LogP contribution >= 0.6 is 0 Å². The van der Waals surface area contributed by atoms with E-state index >= 15 is 0 Å². The molecule has 7 heteroatoms. The van der Waals surface area contributed by atoms with Gasteiger partial charge in [0.25, 0.3) is 5.91 Å². The lowest BCUT2D eigenvalue weighted by molar-refractivity contribution is 0.0737. The number of ether oxygens (including phenoxy) is 1. The summed E-state index contributed by atoms with van der Waals surface area (Å²) in [5.41, 5.74) is 1.99. The number of carbonyl (C=O) groups is 1. The van der Waals surface area contributed by atoms with Gasteiger partial charge in [0.1, 0.15) is 5.75 Å². The molecule has 2 aromatic rings. The van der Waals surface area contributed by atoms with Gasteiger partial charge in [-0.25, -0.2) is 4.68 Å². The zero-order valence-electron chi connectivity index (χ0n) is 15.2. The van der Waals surface area contributed by atoms with E-state index in [0.717, 1.165) is 36.6 Å². The maximum absolute atomic E-state index is 12.7. The van der Waals surface area contributed by atoms with Crippen molar-refractivity contribution in [2.45, 2.75) is 39.3 Å². The fourth-order valence-corrected chi connectivity index (χ4v) is 3.01. The highest BCUT2D eigenvalue weighted by Crippen LogP contribution is 2.19. The van der Waals surface area contributed by atoms with E-state index < -0.39 is 0 Å². The van der Waals surface area contributed by atoms with E-state index in [-0.39, 0.29) is 18.1 Å². The Bertz CT molecular complexity index is 732. The SMILES string of the molecule is Cc1c(C(=O)N(C)[C@@H]2CCNC2)nnn1-c1ccc(OC(C)C)cc1. The molecule has 0 saturated carbocycles. The predicted molar refractivity (Wildman–Crippen MR) is 95.2 cm³/mol. The Hall–Kier alpha value is -2.41. The summed E-state index contributed by atoms with van der Waals surface area (Å²) in [6, 6.07) is 7.84. The molecule has 1 saturated heterocycles. The summed E-state index contributed by atoms with van der Waals surface area (Å²) in [7, 11) is 1.83. The van der Waals surface area contributed by atoms with Crippen LogP contribution in [0.4, 0.5) is 0 Å². The van der Waals surface area contributed by atoms with E-state index in [9.17, 15) is 4.79 Å². The van der Waals surface area contributed by atoms with Crippen LogP contribution in [0.15, 0.2) is 24.3 Å². The molecule has 7 nitrogen and oxygen atoms in total. The van der Waals surface area contributed by atoms with E-state index in [4.69, 9.17) is 4.74 Å². The molecule has 0 spiro atoms. The van der Waals surface area contributed by atoms with Gasteiger partial charge < -0.3 is 15.0 Å². The van der Waals surface area contributed by atoms with Crippen LogP contribution in [0.5, 0.6) is 5.75 Å². The highest BCUT2D eigenvalue weighted by Gasteiger charge is 2.27. The molecule has 134 valence electrons. The van der Waals surface area contributed by atoms with Crippen LogP contribution < -0.4 is 10.1 Å². The fourth-order valence-electron chi connectivity index (χ4n) is 3.01. The minimum atomic E-state index is -0.0859. The number of amides is 1. The largest absolute Gasteiger partial charge is 0.491 e. The zero-order valence-corrected chi connectivity index (χ0v) is 15.2. The van der Waals surface area contributed by atoms with Crippen LogP contribution in [0.1, 0.15) is 36.5 Å². The summed E-state index contributed by atoms with van der Waals surface area (Å²) in [5.74, 6) is 0.721. The van der Waals surface area contributed by atoms with Crippen LogP contribution in [0.3, 0.4) is 0 Å². The highest BCUT2D eigenvalue weighted by atomic mass is 16.5. The van der Waals surface area contributed by atoms with Crippen molar-refractivity contribution < 1.29 is 9.53 Å². The molecule has 1 aromatic heterocycles. The molecule has 0 unspecified atom stereocenters. The molecule has 25 heavy (non-hydrogen) atoms. The normalized spacial score (nSPS) is 17.1. The third-order valence-electron chi connectivity index (χ3n) is 4.45. The summed E-state index contributed by atoms with van der Waals surface area (Å²) in [6.07, 6.45) is 1.09. The minimum Gasteiger partial charge on any atom is -0.491 e. The molecule has 0 radical (unpaired) electrons. The highest BCUT2D eigenvalue weighted by molar-refractivity contribution is 5.93. The van der Waals surface area contributed by atoms with Crippen molar-refractivity contribution in [3.63, 3.8) is 0 Å². The van der Waals surface area contributed by atoms with Gasteiger partial charge in [-0.15, -0.1) is 5.10 Å². The van der Waals surface area contributed by atoms with Crippen molar-refractivity contribution >= 4 is 5.91 Å². The van der Waals surface area contributed by atoms with Gasteiger partial charge in [0, 0.05) is 19.6 Å². The Morgan fingerprint density at radius 3 is 2.68 bits per heavy atom. The van der Waals surface area contributed by atoms with Crippen LogP contribution in [0.25, 0.3) is 5.69 Å². The Balaban J connectivity index is 1.79. The lowest BCUT2D eigenvalue weighted by atomic mass is 10.2. The first-order chi connectivity index (χ1) is 12.0. The average molecular weight is 343 g/mol. The number of carbonyl (C=O) groups excluding carboxylic acids is 1. The number of hydrogen-bond donors (Lipinski definition) is 1. The Kier molecular flexibility index (Phi) is 5.03. The summed E-state index contributed by atoms with van der Waals surface area (Å²) in [5, 5.41) is 11.6. The van der Waals surface area contributed by atoms with Crippen molar-refractivity contribution in [2.75, 3.05) is 20.1 Å². The second-order valence-electron chi connectivity index (χ2n) is 6.66. The molecule has 2 heterocycles. The number of likely N-dealkylation sites (N-methyl/N-ethyl adjacent to an activating group) is 1. The molecule has 1 amide bonds. The second kappa shape index (κ2) is 7.23. The maximum Gasteiger partial charge on any atom is 0.276 e. The van der Waals surface area contributed by atoms with Gasteiger partial charge in [0.05, 0.1) is 17.5 Å². The summed E-state index contributed by atoms with van der Waals surface area (Å²) < 4.78 is 7.34. The third kappa shape index (κ3) is 3.66. The van der Waals surface area contributed by atoms with Gasteiger partial charge >= 0.3 is 0 Å². The van der Waals surface area contributed by atoms with E-state index in [1.165, 1.54) is 0 Å². The Morgan fingerprint density at radius 1 is 1.36 bits per heavy atom. The zero-order chi connectivity index (χ0) is 18.0. The van der Waals surface area contributed by atoms with Crippen LogP contribution in [-0.4, -0.2) is 58.1 Å². The molecule has 1 aliphatic heterocycles. The van der Waals surface area contributed by atoms with E-state index in [0.29, 0.717) is 5.69 Å². The number of nitrogens with zero attached hydrogens (tertiary/aromatic N) is 4. The monoisotopic (exact) mass is 343 g/mol. The van der Waals surface area contributed by atoms with Crippen molar-refractivity contribution in [1.82, 2.24) is 25.2 Å². The first-order valence-electron chi connectivity index (χ1n) is 8.64. The fraction of sp³-hybridized carbons (Fsp3) is 0.500. The molecule has 1 N–H and O–H groups in total. The first-order valence-corrected chi connectivity index (χ1v) is 8.64. The maximum atomic E-state index is 12.7. The van der Waals surface area contributed by atoms with E-state index in [1.54, 1.807) is 9.58 Å². The van der Waals surface area contributed by atoms with Gasteiger partial charge in [0.2, 0.25) is 0 Å². The van der Waals surface area contributed by atoms with E-state index in [1.807, 2.05) is 52.1 Å². The second-order valence-corrected chi connectivity index (χ2v) is 6.66. The van der Waals surface area contributed by atoms with Gasteiger partial charge in [-0.2, -0.15) is 0 Å². The number of aromatic nitrogens is 3. The molecule has 1 atom stereocenters. The smallest absolute Gasteiger partial charge is 0.276 e. The lowest BCUT2D eigenvalue weighted by Gasteiger charge is -2.22. The summed E-state index contributed by atoms with van der Waals surface area (Å²) in [4.78, 5) is 14.5. The minimum absolute atomic E-state index is 0.0859. The average Bonchev–Trinajstić information content (AvgIpc) is 3.24. The Labute approximate surface area is 148 Å². The molecule has 3 rings (SSSR count). The molecule has 0 bridgehead atoms. The molecule has 0 aliphatic carbocycles. The molecular formula is C18H25N5O2. The topological polar surface area (TPSA) is 72.3 Å². The van der Waals surface area contributed by atoms with Crippen LogP contribution in [-0.2, 0) is 0 Å². The van der Waals surface area contributed by atoms with Crippen LogP contribution in [0, 0.1) is 6.92 Å². The van der Waals surface area contributed by atoms with Crippen molar-refractivity contribution in [2.24, 2.45) is 0 Å². The molecule has 1 fully saturated rings. The third-order valence-corrected chi connectivity index (χ3v) is 4.45. The molecule has 1 aliphatic rings. The van der Waals surface area contributed by atoms with Crippen LogP contribution in [0.2, 0.25) is 0 Å². The lowest BCUT2D eigenvalue weighted by Crippen LogP contribution is -2.38. The quantitative estimate of drug-likeness (QED) is 0.896. The van der Waals surface area contributed by atoms with Crippen molar-refractivity contribution in [3.8, 4) is 11.4 Å². The summed E-state index contributed by atoms with van der Waals surface area (Å²) in [6.45, 7) is 7.62. The van der Waals surface area contributed by atoms with Gasteiger partial charge in [-0.1, -0.05) is 5.21 Å². The predicted octanol–water partition coefficient (Wildman–Crippen LogP) is 1.80. The van der Waals surface area contributed by atoms with Gasteiger partial charge in [0.15, 0.2) is 5.69 Å². The van der Waals surface area contributed by atoms with Gasteiger partial charge in [-0.05, 0) is 58.0 Å². The standard InChI is InChI=1S/C18H25N5O2/c1-12(2)25-16-7-5-14(6-8-16)23-13(3)17(20-21-23)18(24)22(4)15-9-10-19-11-15/h5-8,12,15,19H,9-11H2,1-4H3/t15-/m1/s1. The summed E-state index contributed by atoms with van der Waals surface area (Å²) >= 11 is 0. The first kappa shape index (κ1) is 17.4. The van der Waals surface area contributed by atoms with Crippen molar-refractivity contribution in [3.05, 3.63) is 35.7 Å².